The topological polar surface area (TPSA) is 73.2 Å². The van der Waals surface area contributed by atoms with Crippen LogP contribution in [-0.2, 0) is 11.3 Å². The predicted octanol–water partition coefficient (Wildman–Crippen LogP) is 1.20. The number of hydrogen-bond acceptors (Lipinski definition) is 4. The standard InChI is InChI=1S/C16H17N3O3/c1-22-14-5-3-2-4-12(14)13-8-16(21)19(10-17-13)9-15(20)18-11-6-7-11/h2-5,8,10-11H,6-7,9H2,1H3,(H,18,20). The van der Waals surface area contributed by atoms with Crippen LogP contribution in [0.15, 0.2) is 41.5 Å². The highest BCUT2D eigenvalue weighted by atomic mass is 16.5. The van der Waals surface area contributed by atoms with Crippen molar-refractivity contribution in [2.45, 2.75) is 25.4 Å². The highest BCUT2D eigenvalue weighted by Gasteiger charge is 2.23. The third kappa shape index (κ3) is 3.16. The van der Waals surface area contributed by atoms with Crippen molar-refractivity contribution in [1.82, 2.24) is 14.9 Å². The van der Waals surface area contributed by atoms with Crippen LogP contribution in [0.5, 0.6) is 5.75 Å². The summed E-state index contributed by atoms with van der Waals surface area (Å²) < 4.78 is 6.57. The van der Waals surface area contributed by atoms with Crippen LogP contribution in [0.25, 0.3) is 11.3 Å². The summed E-state index contributed by atoms with van der Waals surface area (Å²) in [5.74, 6) is 0.495. The van der Waals surface area contributed by atoms with Crippen molar-refractivity contribution < 1.29 is 9.53 Å². The number of carbonyl (C=O) groups excluding carboxylic acids is 1. The number of benzene rings is 1. The van der Waals surface area contributed by atoms with E-state index >= 15 is 0 Å². The molecular weight excluding hydrogens is 282 g/mol. The van der Waals surface area contributed by atoms with Crippen molar-refractivity contribution in [2.24, 2.45) is 0 Å². The molecule has 0 spiro atoms. The SMILES string of the molecule is COc1ccccc1-c1cc(=O)n(CC(=O)NC2CC2)cn1. The van der Waals surface area contributed by atoms with Gasteiger partial charge >= 0.3 is 0 Å². The molecule has 114 valence electrons. The number of ether oxygens (including phenoxy) is 1. The molecule has 1 amide bonds. The minimum atomic E-state index is -0.262. The average molecular weight is 299 g/mol. The maximum atomic E-state index is 12.2. The molecule has 0 radical (unpaired) electrons. The second-order valence-corrected chi connectivity index (χ2v) is 5.28. The van der Waals surface area contributed by atoms with Gasteiger partial charge in [-0.2, -0.15) is 0 Å². The Kier molecular flexibility index (Phi) is 3.91. The van der Waals surface area contributed by atoms with Crippen LogP contribution in [-0.4, -0.2) is 28.6 Å². The molecule has 1 aliphatic carbocycles. The van der Waals surface area contributed by atoms with Gasteiger partial charge in [0.15, 0.2) is 0 Å². The minimum absolute atomic E-state index is 0.00542. The first-order valence-electron chi connectivity index (χ1n) is 7.16. The Morgan fingerprint density at radius 1 is 1.41 bits per heavy atom. The van der Waals surface area contributed by atoms with E-state index < -0.39 is 0 Å². The quantitative estimate of drug-likeness (QED) is 0.900. The van der Waals surface area contributed by atoms with E-state index in [1.54, 1.807) is 7.11 Å². The molecule has 1 heterocycles. The molecule has 0 atom stereocenters. The van der Waals surface area contributed by atoms with Gasteiger partial charge in [-0.05, 0) is 25.0 Å². The molecule has 1 saturated carbocycles. The summed E-state index contributed by atoms with van der Waals surface area (Å²) in [6, 6.07) is 9.06. The molecule has 0 unspecified atom stereocenters. The van der Waals surface area contributed by atoms with Gasteiger partial charge in [-0.25, -0.2) is 4.98 Å². The van der Waals surface area contributed by atoms with Crippen LogP contribution < -0.4 is 15.6 Å². The molecule has 1 N–H and O–H groups in total. The Bertz CT molecular complexity index is 750. The number of nitrogens with zero attached hydrogens (tertiary/aromatic N) is 2. The van der Waals surface area contributed by atoms with Gasteiger partial charge in [0.05, 0.1) is 19.1 Å². The lowest BCUT2D eigenvalue weighted by Crippen LogP contribution is -2.33. The first-order chi connectivity index (χ1) is 10.7. The lowest BCUT2D eigenvalue weighted by Gasteiger charge is -2.09. The molecule has 6 nitrogen and oxygen atoms in total. The second-order valence-electron chi connectivity index (χ2n) is 5.28. The number of amides is 1. The molecule has 0 aliphatic heterocycles. The fourth-order valence-corrected chi connectivity index (χ4v) is 2.20. The van der Waals surface area contributed by atoms with Crippen LogP contribution in [0.4, 0.5) is 0 Å². The van der Waals surface area contributed by atoms with E-state index in [0.29, 0.717) is 11.4 Å². The molecule has 6 heteroatoms. The van der Waals surface area contributed by atoms with Gasteiger partial charge in [-0.3, -0.25) is 14.2 Å². The van der Waals surface area contributed by atoms with E-state index in [-0.39, 0.29) is 24.1 Å². The van der Waals surface area contributed by atoms with Crippen molar-refractivity contribution in [3.8, 4) is 17.0 Å². The molecule has 1 aliphatic rings. The van der Waals surface area contributed by atoms with Gasteiger partial charge < -0.3 is 10.1 Å². The lowest BCUT2D eigenvalue weighted by molar-refractivity contribution is -0.121. The maximum absolute atomic E-state index is 12.2. The summed E-state index contributed by atoms with van der Waals surface area (Å²) in [4.78, 5) is 28.2. The van der Waals surface area contributed by atoms with Crippen molar-refractivity contribution in [3.63, 3.8) is 0 Å². The number of para-hydroxylation sites is 1. The van der Waals surface area contributed by atoms with Gasteiger partial charge in [-0.15, -0.1) is 0 Å². The Morgan fingerprint density at radius 3 is 2.86 bits per heavy atom. The van der Waals surface area contributed by atoms with Gasteiger partial charge in [-0.1, -0.05) is 12.1 Å². The Morgan fingerprint density at radius 2 is 2.18 bits per heavy atom. The molecule has 1 aromatic heterocycles. The van der Waals surface area contributed by atoms with Gasteiger partial charge in [0.2, 0.25) is 5.91 Å². The van der Waals surface area contributed by atoms with E-state index in [0.717, 1.165) is 18.4 Å². The van der Waals surface area contributed by atoms with Gasteiger partial charge in [0.25, 0.3) is 5.56 Å². The maximum Gasteiger partial charge on any atom is 0.254 e. The summed E-state index contributed by atoms with van der Waals surface area (Å²) in [7, 11) is 1.57. The van der Waals surface area contributed by atoms with Crippen molar-refractivity contribution >= 4 is 5.91 Å². The average Bonchev–Trinajstić information content (AvgIpc) is 3.33. The fourth-order valence-electron chi connectivity index (χ4n) is 2.20. The molecule has 0 saturated heterocycles. The normalized spacial score (nSPS) is 13.7. The Labute approximate surface area is 127 Å². The number of nitrogens with one attached hydrogen (secondary N) is 1. The number of hydrogen-bond donors (Lipinski definition) is 1. The first-order valence-corrected chi connectivity index (χ1v) is 7.16. The minimum Gasteiger partial charge on any atom is -0.496 e. The van der Waals surface area contributed by atoms with Gasteiger partial charge in [0, 0.05) is 17.7 Å². The second kappa shape index (κ2) is 6.01. The molecule has 2 aromatic rings. The molecular formula is C16H17N3O3. The fraction of sp³-hybridized carbons (Fsp3) is 0.312. The smallest absolute Gasteiger partial charge is 0.254 e. The van der Waals surface area contributed by atoms with Crippen LogP contribution in [0, 0.1) is 0 Å². The highest BCUT2D eigenvalue weighted by Crippen LogP contribution is 2.26. The highest BCUT2D eigenvalue weighted by molar-refractivity contribution is 5.76. The largest absolute Gasteiger partial charge is 0.496 e. The molecule has 0 bridgehead atoms. The van der Waals surface area contributed by atoms with Crippen LogP contribution in [0.1, 0.15) is 12.8 Å². The number of rotatable bonds is 5. The molecule has 1 aromatic carbocycles. The number of methoxy groups -OCH3 is 1. The summed E-state index contributed by atoms with van der Waals surface area (Å²) in [5.41, 5.74) is 1.01. The third-order valence-corrected chi connectivity index (χ3v) is 3.52. The van der Waals surface area contributed by atoms with Crippen molar-refractivity contribution in [3.05, 3.63) is 47.0 Å². The Balaban J connectivity index is 1.82. The Hall–Kier alpha value is -2.63. The molecule has 22 heavy (non-hydrogen) atoms. The summed E-state index contributed by atoms with van der Waals surface area (Å²) in [6.45, 7) is -0.00542. The summed E-state index contributed by atoms with van der Waals surface area (Å²) in [6.07, 6.45) is 3.44. The number of carbonyl (C=O) groups is 1. The monoisotopic (exact) mass is 299 g/mol. The van der Waals surface area contributed by atoms with Crippen LogP contribution in [0.3, 0.4) is 0 Å². The van der Waals surface area contributed by atoms with Crippen molar-refractivity contribution in [1.29, 1.82) is 0 Å². The molecule has 1 fully saturated rings. The van der Waals surface area contributed by atoms with Gasteiger partial charge in [0.1, 0.15) is 12.3 Å². The zero-order valence-electron chi connectivity index (χ0n) is 12.3. The zero-order chi connectivity index (χ0) is 15.5. The van der Waals surface area contributed by atoms with Crippen molar-refractivity contribution in [2.75, 3.05) is 7.11 Å². The zero-order valence-corrected chi connectivity index (χ0v) is 12.3. The van der Waals surface area contributed by atoms with E-state index in [1.807, 2.05) is 24.3 Å². The summed E-state index contributed by atoms with van der Waals surface area (Å²) in [5, 5.41) is 2.85. The van der Waals surface area contributed by atoms with E-state index in [1.165, 1.54) is 17.0 Å². The number of aromatic nitrogens is 2. The van der Waals surface area contributed by atoms with Crippen LogP contribution in [0.2, 0.25) is 0 Å². The van der Waals surface area contributed by atoms with Crippen LogP contribution >= 0.6 is 0 Å². The summed E-state index contributed by atoms with van der Waals surface area (Å²) >= 11 is 0. The van der Waals surface area contributed by atoms with E-state index in [4.69, 9.17) is 4.74 Å². The lowest BCUT2D eigenvalue weighted by atomic mass is 10.1. The predicted molar refractivity (Wildman–Crippen MR) is 81.6 cm³/mol. The first kappa shape index (κ1) is 14.3. The van der Waals surface area contributed by atoms with E-state index in [2.05, 4.69) is 10.3 Å². The van der Waals surface area contributed by atoms with E-state index in [9.17, 15) is 9.59 Å². The molecule has 3 rings (SSSR count). The third-order valence-electron chi connectivity index (χ3n) is 3.52.